The lowest BCUT2D eigenvalue weighted by atomic mass is 10.0. The molecule has 0 saturated carbocycles. The summed E-state index contributed by atoms with van der Waals surface area (Å²) in [5.74, 6) is 0.694. The Hall–Kier alpha value is -3.46. The minimum Gasteiger partial charge on any atom is -0.590 e. The van der Waals surface area contributed by atoms with E-state index in [-0.39, 0.29) is 11.0 Å². The van der Waals surface area contributed by atoms with Gasteiger partial charge in [0.05, 0.1) is 17.4 Å². The van der Waals surface area contributed by atoms with Crippen LogP contribution in [0, 0.1) is 0 Å². The number of hydrogen-bond donors (Lipinski definition) is 0. The van der Waals surface area contributed by atoms with E-state index in [2.05, 4.69) is 4.99 Å². The van der Waals surface area contributed by atoms with E-state index in [0.717, 1.165) is 27.0 Å². The third kappa shape index (κ3) is 3.48. The van der Waals surface area contributed by atoms with Gasteiger partial charge in [-0.15, -0.1) is 0 Å². The van der Waals surface area contributed by atoms with E-state index in [4.69, 9.17) is 9.39 Å². The summed E-state index contributed by atoms with van der Waals surface area (Å²) in [6.07, 6.45) is 0. The summed E-state index contributed by atoms with van der Waals surface area (Å²) in [6, 6.07) is 20.2. The largest absolute Gasteiger partial charge is 0.737 e. The van der Waals surface area contributed by atoms with Crippen molar-refractivity contribution in [3.05, 3.63) is 72.3 Å². The van der Waals surface area contributed by atoms with Gasteiger partial charge in [-0.05, 0) is 71.0 Å². The van der Waals surface area contributed by atoms with Crippen molar-refractivity contribution >= 4 is 45.3 Å². The molecule has 32 heavy (non-hydrogen) atoms. The predicted molar refractivity (Wildman–Crippen MR) is 125 cm³/mol. The topological polar surface area (TPSA) is 37.9 Å². The quantitative estimate of drug-likeness (QED) is 0.398. The smallest absolute Gasteiger partial charge is 0.590 e. The van der Waals surface area contributed by atoms with Gasteiger partial charge in [-0.1, -0.05) is 18.2 Å². The number of thiazole rings is 1. The van der Waals surface area contributed by atoms with Crippen LogP contribution in [0.25, 0.3) is 21.3 Å². The molecule has 0 unspecified atom stereocenters. The Kier molecular flexibility index (Phi) is 4.85. The number of fused-ring (bicyclic) bond motifs is 3. The molecule has 162 valence electrons. The van der Waals surface area contributed by atoms with Gasteiger partial charge in [0.1, 0.15) is 11.3 Å². The van der Waals surface area contributed by atoms with Crippen LogP contribution < -0.4 is 14.1 Å². The zero-order valence-electron chi connectivity index (χ0n) is 17.8. The second kappa shape index (κ2) is 7.60. The average molecular weight is 451 g/mol. The Morgan fingerprint density at radius 2 is 1.59 bits per heavy atom. The lowest BCUT2D eigenvalue weighted by Crippen LogP contribution is -2.62. The zero-order chi connectivity index (χ0) is 22.5. The molecule has 0 aliphatic carbocycles. The Bertz CT molecular complexity index is 1340. The molecule has 9 heteroatoms. The molecule has 5 nitrogen and oxygen atoms in total. The number of aromatic nitrogens is 1. The molecule has 5 rings (SSSR count). The Balaban J connectivity index is 1.57. The molecule has 1 aliphatic heterocycles. The molecular weight excluding hydrogens is 431 g/mol. The number of benzene rings is 3. The summed E-state index contributed by atoms with van der Waals surface area (Å²) in [5, 5.41) is 0.217. The van der Waals surface area contributed by atoms with Gasteiger partial charge in [-0.3, -0.25) is 0 Å². The van der Waals surface area contributed by atoms with Crippen LogP contribution in [0.5, 0.6) is 5.75 Å². The van der Waals surface area contributed by atoms with Crippen molar-refractivity contribution in [2.75, 3.05) is 26.1 Å². The molecule has 0 spiro atoms. The van der Waals surface area contributed by atoms with Crippen molar-refractivity contribution in [2.24, 2.45) is 4.99 Å². The van der Waals surface area contributed by atoms with Crippen LogP contribution in [0.4, 0.5) is 19.5 Å². The van der Waals surface area contributed by atoms with Gasteiger partial charge in [-0.25, -0.2) is 0 Å². The summed E-state index contributed by atoms with van der Waals surface area (Å²) in [5.41, 5.74) is 3.78. The summed E-state index contributed by atoms with van der Waals surface area (Å²) in [6.45, 7) is 0. The van der Waals surface area contributed by atoms with Crippen molar-refractivity contribution in [2.45, 2.75) is 0 Å². The number of rotatable bonds is 4. The molecule has 1 aliphatic rings. The van der Waals surface area contributed by atoms with Gasteiger partial charge < -0.3 is 27.4 Å². The van der Waals surface area contributed by atoms with E-state index in [0.29, 0.717) is 15.8 Å². The first-order valence-corrected chi connectivity index (χ1v) is 10.9. The molecule has 0 atom stereocenters. The van der Waals surface area contributed by atoms with Crippen molar-refractivity contribution < 1.29 is 22.5 Å². The number of aliphatic imine (C=N–C) groups is 1. The highest BCUT2D eigenvalue weighted by atomic mass is 32.1. The van der Waals surface area contributed by atoms with Crippen LogP contribution in [0.1, 0.15) is 5.56 Å². The van der Waals surface area contributed by atoms with Gasteiger partial charge in [0.15, 0.2) is 0 Å². The Morgan fingerprint density at radius 1 is 0.938 bits per heavy atom. The second-order valence-corrected chi connectivity index (χ2v) is 8.71. The van der Waals surface area contributed by atoms with Crippen molar-refractivity contribution in [3.63, 3.8) is 0 Å². The van der Waals surface area contributed by atoms with E-state index in [9.17, 15) is 0 Å². The van der Waals surface area contributed by atoms with Crippen LogP contribution in [0.2, 0.25) is 0 Å². The Labute approximate surface area is 188 Å². The van der Waals surface area contributed by atoms with Gasteiger partial charge >= 0.3 is 12.2 Å². The normalized spacial score (nSPS) is 14.5. The van der Waals surface area contributed by atoms with Crippen LogP contribution in [-0.2, 0) is 4.65 Å². The monoisotopic (exact) mass is 451 g/mol. The van der Waals surface area contributed by atoms with Crippen LogP contribution in [0.15, 0.2) is 71.7 Å². The molecule has 2 heterocycles. The maximum atomic E-state index is 15.1. The predicted octanol–water partition coefficient (Wildman–Crippen LogP) is 5.26. The van der Waals surface area contributed by atoms with Crippen LogP contribution in [-0.4, -0.2) is 34.1 Å². The third-order valence-corrected chi connectivity index (χ3v) is 6.45. The molecule has 0 bridgehead atoms. The SMILES string of the molecule is COc1ccc(-c2ccc3c(c2)sc2[n+]3[B-](F)(F)OC(c3ccc(N(C)C)cc3)=N2)cc1. The first kappa shape index (κ1) is 20.4. The van der Waals surface area contributed by atoms with E-state index >= 15 is 8.63 Å². The minimum absolute atomic E-state index is 0.0674. The number of methoxy groups -OCH3 is 1. The summed E-state index contributed by atoms with van der Waals surface area (Å²) < 4.78 is 42.2. The number of ether oxygens (including phenoxy) is 1. The van der Waals surface area contributed by atoms with Crippen LogP contribution in [0.3, 0.4) is 0 Å². The van der Waals surface area contributed by atoms with E-state index in [1.54, 1.807) is 25.3 Å². The molecule has 4 aromatic rings. The maximum Gasteiger partial charge on any atom is 0.737 e. The number of hydrogen-bond acceptors (Lipinski definition) is 5. The highest BCUT2D eigenvalue weighted by Crippen LogP contribution is 2.35. The third-order valence-electron chi connectivity index (χ3n) is 5.43. The zero-order valence-corrected chi connectivity index (χ0v) is 18.6. The summed E-state index contributed by atoms with van der Waals surface area (Å²) in [4.78, 5) is 6.37. The van der Waals surface area contributed by atoms with E-state index in [1.165, 1.54) is 11.3 Å². The van der Waals surface area contributed by atoms with Crippen molar-refractivity contribution in [3.8, 4) is 16.9 Å². The fraction of sp³-hybridized carbons (Fsp3) is 0.130. The van der Waals surface area contributed by atoms with Crippen LogP contribution >= 0.6 is 11.3 Å². The molecule has 0 amide bonds. The first-order valence-electron chi connectivity index (χ1n) is 10.0. The fourth-order valence-electron chi connectivity index (χ4n) is 3.71. The molecule has 3 aromatic carbocycles. The van der Waals surface area contributed by atoms with Gasteiger partial charge in [0.2, 0.25) is 0 Å². The first-order chi connectivity index (χ1) is 15.4. The number of halogens is 2. The lowest BCUT2D eigenvalue weighted by Gasteiger charge is -2.26. The maximum absolute atomic E-state index is 15.1. The lowest BCUT2D eigenvalue weighted by molar-refractivity contribution is -0.536. The highest BCUT2D eigenvalue weighted by molar-refractivity contribution is 7.21. The summed E-state index contributed by atoms with van der Waals surface area (Å²) in [7, 11) is 1.14. The molecule has 0 saturated heterocycles. The molecule has 0 fully saturated rings. The number of nitrogens with zero attached hydrogens (tertiary/aromatic N) is 3. The van der Waals surface area contributed by atoms with E-state index in [1.807, 2.05) is 67.5 Å². The van der Waals surface area contributed by atoms with Gasteiger partial charge in [-0.2, -0.15) is 0 Å². The highest BCUT2D eigenvalue weighted by Gasteiger charge is 2.49. The number of anilines is 1. The summed E-state index contributed by atoms with van der Waals surface area (Å²) >= 11 is 1.22. The van der Waals surface area contributed by atoms with Gasteiger partial charge in [0.25, 0.3) is 5.90 Å². The minimum atomic E-state index is -4.31. The Morgan fingerprint density at radius 3 is 2.25 bits per heavy atom. The second-order valence-electron chi connectivity index (χ2n) is 7.70. The molecule has 1 aromatic heterocycles. The standard InChI is InChI=1S/C23H20BF2N3O2S/c1-28(2)18-9-4-16(5-10-18)22-27-23-29(24(25,26)31-22)20-13-8-17(14-21(20)32-23)15-6-11-19(30-3)12-7-15/h4-14H,1-3H3. The van der Waals surface area contributed by atoms with E-state index < -0.39 is 7.04 Å². The van der Waals surface area contributed by atoms with Crippen molar-refractivity contribution in [1.29, 1.82) is 0 Å². The van der Waals surface area contributed by atoms with Gasteiger partial charge in [0, 0.05) is 24.8 Å². The van der Waals surface area contributed by atoms with Crippen molar-refractivity contribution in [1.82, 2.24) is 0 Å². The average Bonchev–Trinajstić information content (AvgIpc) is 3.17. The molecule has 0 N–H and O–H groups in total. The molecule has 0 radical (unpaired) electrons. The fourth-order valence-corrected chi connectivity index (χ4v) is 4.81. The molecular formula is C23H20BF2N3O2S.